The van der Waals surface area contributed by atoms with Gasteiger partial charge in [0.25, 0.3) is 0 Å². The van der Waals surface area contributed by atoms with Gasteiger partial charge in [-0.2, -0.15) is 13.2 Å². The van der Waals surface area contributed by atoms with Gasteiger partial charge in [0, 0.05) is 17.9 Å². The van der Waals surface area contributed by atoms with Gasteiger partial charge in [0.05, 0.1) is 5.56 Å². The lowest BCUT2D eigenvalue weighted by atomic mass is 10.0. The molecule has 0 aliphatic carbocycles. The number of nitrogens with one attached hydrogen (secondary N) is 1. The maximum atomic E-state index is 12.8. The maximum absolute atomic E-state index is 12.8. The fourth-order valence-electron chi connectivity index (χ4n) is 3.80. The molecule has 2 aromatic rings. The lowest BCUT2D eigenvalue weighted by molar-refractivity contribution is -0.137. The summed E-state index contributed by atoms with van der Waals surface area (Å²) in [7, 11) is 0. The summed E-state index contributed by atoms with van der Waals surface area (Å²) in [6, 6.07) is 13.2. The van der Waals surface area contributed by atoms with E-state index in [9.17, 15) is 22.8 Å². The zero-order valence-electron chi connectivity index (χ0n) is 14.7. The Bertz CT molecular complexity index is 902. The third-order valence-electron chi connectivity index (χ3n) is 5.13. The first-order valence-corrected chi connectivity index (χ1v) is 9.80. The molecule has 0 spiro atoms. The van der Waals surface area contributed by atoms with E-state index in [-0.39, 0.29) is 17.5 Å². The van der Waals surface area contributed by atoms with Gasteiger partial charge in [0.1, 0.15) is 10.9 Å². The van der Waals surface area contributed by atoms with E-state index in [1.54, 1.807) is 16.7 Å². The summed E-state index contributed by atoms with van der Waals surface area (Å²) in [6.07, 6.45) is -3.43. The van der Waals surface area contributed by atoms with Gasteiger partial charge in [-0.15, -0.1) is 11.8 Å². The molecule has 0 bridgehead atoms. The van der Waals surface area contributed by atoms with Crippen molar-refractivity contribution in [2.75, 3.05) is 11.1 Å². The Morgan fingerprint density at radius 2 is 1.79 bits per heavy atom. The van der Waals surface area contributed by atoms with Crippen LogP contribution in [0.1, 0.15) is 24.0 Å². The Balaban J connectivity index is 1.55. The molecule has 2 aliphatic heterocycles. The normalized spacial score (nSPS) is 24.3. The molecule has 2 amide bonds. The topological polar surface area (TPSA) is 49.4 Å². The van der Waals surface area contributed by atoms with Crippen molar-refractivity contribution in [2.45, 2.75) is 29.9 Å². The molecule has 8 heteroatoms. The van der Waals surface area contributed by atoms with Gasteiger partial charge in [-0.3, -0.25) is 9.59 Å². The van der Waals surface area contributed by atoms with E-state index in [2.05, 4.69) is 5.32 Å². The second kappa shape index (κ2) is 6.84. The molecule has 2 heterocycles. The van der Waals surface area contributed by atoms with E-state index < -0.39 is 22.7 Å². The van der Waals surface area contributed by atoms with Gasteiger partial charge in [-0.05, 0) is 36.2 Å². The van der Waals surface area contributed by atoms with Crippen LogP contribution < -0.4 is 5.32 Å². The van der Waals surface area contributed by atoms with Crippen molar-refractivity contribution in [3.8, 4) is 0 Å². The number of anilines is 1. The van der Waals surface area contributed by atoms with Crippen molar-refractivity contribution in [3.63, 3.8) is 0 Å². The molecular weight excluding hydrogens is 389 g/mol. The Hall–Kier alpha value is -2.48. The SMILES string of the molecule is O=C(Nc1ccc(C(F)(F)F)cc1)[C@H]1CS[C@@]2(c3ccccc3)CCC(=O)N12. The number of fused-ring (bicyclic) bond motifs is 1. The molecule has 2 atom stereocenters. The average Bonchev–Trinajstić information content (AvgIpc) is 3.22. The number of hydrogen-bond donors (Lipinski definition) is 1. The van der Waals surface area contributed by atoms with Crippen molar-refractivity contribution in [1.82, 2.24) is 4.90 Å². The van der Waals surface area contributed by atoms with Crippen molar-refractivity contribution in [2.24, 2.45) is 0 Å². The van der Waals surface area contributed by atoms with Gasteiger partial charge >= 0.3 is 6.18 Å². The Labute approximate surface area is 164 Å². The van der Waals surface area contributed by atoms with Crippen molar-refractivity contribution >= 4 is 29.3 Å². The highest BCUT2D eigenvalue weighted by Gasteiger charge is 2.56. The lowest BCUT2D eigenvalue weighted by Crippen LogP contribution is -2.48. The molecule has 28 heavy (non-hydrogen) atoms. The van der Waals surface area contributed by atoms with Crippen LogP contribution in [0.25, 0.3) is 0 Å². The Kier molecular flexibility index (Phi) is 4.61. The van der Waals surface area contributed by atoms with Gasteiger partial charge in [0.15, 0.2) is 0 Å². The zero-order chi connectivity index (χ0) is 19.9. The first-order valence-electron chi connectivity index (χ1n) is 8.81. The van der Waals surface area contributed by atoms with Crippen LogP contribution in [-0.2, 0) is 20.6 Å². The highest BCUT2D eigenvalue weighted by atomic mass is 32.2. The third kappa shape index (κ3) is 3.15. The highest BCUT2D eigenvalue weighted by Crippen LogP contribution is 2.54. The molecule has 2 saturated heterocycles. The van der Waals surface area contributed by atoms with Gasteiger partial charge in [-0.1, -0.05) is 30.3 Å². The predicted octanol–water partition coefficient (Wildman–Crippen LogP) is 4.23. The van der Waals surface area contributed by atoms with Crippen LogP contribution in [0.4, 0.5) is 18.9 Å². The summed E-state index contributed by atoms with van der Waals surface area (Å²) in [5.41, 5.74) is 0.474. The number of benzene rings is 2. The van der Waals surface area contributed by atoms with Crippen molar-refractivity contribution in [3.05, 3.63) is 65.7 Å². The third-order valence-corrected chi connectivity index (χ3v) is 6.73. The van der Waals surface area contributed by atoms with Crippen LogP contribution in [0.2, 0.25) is 0 Å². The van der Waals surface area contributed by atoms with E-state index in [4.69, 9.17) is 0 Å². The summed E-state index contributed by atoms with van der Waals surface area (Å²) < 4.78 is 38.1. The first-order chi connectivity index (χ1) is 13.3. The molecule has 0 saturated carbocycles. The van der Waals surface area contributed by atoms with E-state index >= 15 is 0 Å². The van der Waals surface area contributed by atoms with Gasteiger partial charge in [0.2, 0.25) is 11.8 Å². The van der Waals surface area contributed by atoms with Crippen LogP contribution in [-0.4, -0.2) is 28.5 Å². The summed E-state index contributed by atoms with van der Waals surface area (Å²) in [4.78, 5) is 26.5. The molecule has 4 nitrogen and oxygen atoms in total. The van der Waals surface area contributed by atoms with Crippen LogP contribution in [0.5, 0.6) is 0 Å². The minimum Gasteiger partial charge on any atom is -0.324 e. The number of hydrogen-bond acceptors (Lipinski definition) is 3. The van der Waals surface area contributed by atoms with Crippen LogP contribution >= 0.6 is 11.8 Å². The summed E-state index contributed by atoms with van der Waals surface area (Å²) in [5.74, 6) is -0.0330. The second-order valence-electron chi connectivity index (χ2n) is 6.81. The maximum Gasteiger partial charge on any atom is 0.416 e. The molecule has 2 fully saturated rings. The van der Waals surface area contributed by atoms with Gasteiger partial charge in [-0.25, -0.2) is 0 Å². The van der Waals surface area contributed by atoms with Crippen LogP contribution in [0, 0.1) is 0 Å². The van der Waals surface area contributed by atoms with Crippen LogP contribution in [0.15, 0.2) is 54.6 Å². The molecule has 2 aliphatic rings. The number of thioether (sulfide) groups is 1. The molecule has 2 aromatic carbocycles. The number of amides is 2. The fourth-order valence-corrected chi connectivity index (χ4v) is 5.46. The standard InChI is InChI=1S/C20H17F3N2O2S/c21-20(22,23)14-6-8-15(9-7-14)24-18(27)16-12-28-19(11-10-17(26)25(16)19)13-4-2-1-3-5-13/h1-9,16H,10-12H2,(H,24,27)/t16-,19-/m1/s1. The minimum absolute atomic E-state index is 0.0820. The number of nitrogens with zero attached hydrogens (tertiary/aromatic N) is 1. The van der Waals surface area contributed by atoms with Crippen molar-refractivity contribution in [1.29, 1.82) is 0 Å². The molecule has 0 aromatic heterocycles. The molecule has 1 N–H and O–H groups in total. The zero-order valence-corrected chi connectivity index (χ0v) is 15.5. The number of carbonyl (C=O) groups is 2. The summed E-state index contributed by atoms with van der Waals surface area (Å²) >= 11 is 1.57. The average molecular weight is 406 g/mol. The van der Waals surface area contributed by atoms with E-state index in [0.717, 1.165) is 17.7 Å². The highest BCUT2D eigenvalue weighted by molar-refractivity contribution is 8.00. The molecular formula is C20H17F3N2O2S. The summed E-state index contributed by atoms with van der Waals surface area (Å²) in [6.45, 7) is 0. The summed E-state index contributed by atoms with van der Waals surface area (Å²) in [5, 5.41) is 2.65. The first kappa shape index (κ1) is 18.9. The number of carbonyl (C=O) groups excluding carboxylic acids is 2. The molecule has 4 rings (SSSR count). The number of halogens is 3. The molecule has 0 radical (unpaired) electrons. The lowest BCUT2D eigenvalue weighted by Gasteiger charge is -2.34. The fraction of sp³-hybridized carbons (Fsp3) is 0.300. The van der Waals surface area contributed by atoms with Gasteiger partial charge < -0.3 is 10.2 Å². The quantitative estimate of drug-likeness (QED) is 0.830. The van der Waals surface area contributed by atoms with Crippen molar-refractivity contribution < 1.29 is 22.8 Å². The van der Waals surface area contributed by atoms with Crippen LogP contribution in [0.3, 0.4) is 0 Å². The number of rotatable bonds is 3. The smallest absolute Gasteiger partial charge is 0.324 e. The second-order valence-corrected chi connectivity index (χ2v) is 8.10. The molecule has 146 valence electrons. The van der Waals surface area contributed by atoms with E-state index in [1.165, 1.54) is 12.1 Å². The van der Waals surface area contributed by atoms with E-state index in [0.29, 0.717) is 18.6 Å². The Morgan fingerprint density at radius 1 is 1.11 bits per heavy atom. The van der Waals surface area contributed by atoms with E-state index in [1.807, 2.05) is 30.3 Å². The molecule has 0 unspecified atom stereocenters. The largest absolute Gasteiger partial charge is 0.416 e. The number of alkyl halides is 3. The Morgan fingerprint density at radius 3 is 2.43 bits per heavy atom. The predicted molar refractivity (Wildman–Crippen MR) is 101 cm³/mol. The minimum atomic E-state index is -4.43. The monoisotopic (exact) mass is 406 g/mol.